The summed E-state index contributed by atoms with van der Waals surface area (Å²) in [5.41, 5.74) is 0. The lowest BCUT2D eigenvalue weighted by molar-refractivity contribution is 0.252. The van der Waals surface area contributed by atoms with Crippen LogP contribution in [0.15, 0.2) is 0 Å². The van der Waals surface area contributed by atoms with Gasteiger partial charge in [0.2, 0.25) is 0 Å². The zero-order valence-corrected chi connectivity index (χ0v) is 5.97. The molecule has 0 rings (SSSR count). The molecule has 0 unspecified atom stereocenters. The lowest BCUT2D eigenvalue weighted by Crippen LogP contribution is -1.99. The van der Waals surface area contributed by atoms with Crippen LogP contribution in [-0.4, -0.2) is 16.1 Å². The Bertz CT molecular complexity index is 26.7. The van der Waals surface area contributed by atoms with Gasteiger partial charge in [0.1, 0.15) is 0 Å². The molecule has 0 aliphatic heterocycles. The summed E-state index contributed by atoms with van der Waals surface area (Å²) in [5.74, 6) is 0.477. The molecule has 0 bridgehead atoms. The maximum atomic E-state index is 8.33. The van der Waals surface area contributed by atoms with E-state index in [1.165, 1.54) is 0 Å². The van der Waals surface area contributed by atoms with Crippen molar-refractivity contribution in [2.75, 3.05) is 11.0 Å². The Morgan fingerprint density at radius 2 is 2.33 bits per heavy atom. The third-order valence-electron chi connectivity index (χ3n) is 0.575. The van der Waals surface area contributed by atoms with Crippen molar-refractivity contribution in [3.8, 4) is 0 Å². The smallest absolute Gasteiger partial charge is 0.0463 e. The second kappa shape index (κ2) is 3.87. The first-order valence-electron chi connectivity index (χ1n) is 1.98. The number of alkyl halides is 1. The topological polar surface area (TPSA) is 20.2 Å². The molecule has 2 heteroatoms. The highest BCUT2D eigenvalue weighted by molar-refractivity contribution is 14.1. The minimum Gasteiger partial charge on any atom is -0.396 e. The molecule has 6 heavy (non-hydrogen) atoms. The lowest BCUT2D eigenvalue weighted by Gasteiger charge is -1.96. The Balaban J connectivity index is 2.75. The first-order chi connectivity index (χ1) is 2.81. The molecule has 0 saturated carbocycles. The average molecular weight is 200 g/mol. The fourth-order valence-electron chi connectivity index (χ4n) is 0.0488. The van der Waals surface area contributed by atoms with Crippen LogP contribution in [0.5, 0.6) is 0 Å². The number of halogens is 1. The molecule has 1 atom stereocenters. The van der Waals surface area contributed by atoms with Gasteiger partial charge in [-0.2, -0.15) is 0 Å². The van der Waals surface area contributed by atoms with Gasteiger partial charge in [0, 0.05) is 11.0 Å². The summed E-state index contributed by atoms with van der Waals surface area (Å²) in [4.78, 5) is 0. The highest BCUT2D eigenvalue weighted by Crippen LogP contribution is 1.96. The zero-order valence-electron chi connectivity index (χ0n) is 3.82. The quantitative estimate of drug-likeness (QED) is 0.521. The molecular weight excluding hydrogens is 191 g/mol. The van der Waals surface area contributed by atoms with E-state index in [9.17, 15) is 0 Å². The number of hydrogen-bond acceptors (Lipinski definition) is 1. The fourth-order valence-corrected chi connectivity index (χ4v) is 0.327. The normalized spacial score (nSPS) is 14.5. The molecule has 1 N–H and O–H groups in total. The van der Waals surface area contributed by atoms with Gasteiger partial charge >= 0.3 is 0 Å². The molecule has 0 radical (unpaired) electrons. The monoisotopic (exact) mass is 200 g/mol. The van der Waals surface area contributed by atoms with Gasteiger partial charge in [-0.1, -0.05) is 29.5 Å². The van der Waals surface area contributed by atoms with Gasteiger partial charge in [0.25, 0.3) is 0 Å². The second-order valence-electron chi connectivity index (χ2n) is 1.44. The summed E-state index contributed by atoms with van der Waals surface area (Å²) in [5, 5.41) is 8.33. The maximum absolute atomic E-state index is 8.33. The standard InChI is InChI=1S/C4H9IO/c1-4(2-5)3-6/h4,6H,2-3H2,1H3/t4-/m1/s1. The molecule has 0 heterocycles. The molecular formula is C4H9IO. The summed E-state index contributed by atoms with van der Waals surface area (Å²) >= 11 is 2.25. The van der Waals surface area contributed by atoms with Crippen molar-refractivity contribution in [1.29, 1.82) is 0 Å². The number of aliphatic hydroxyl groups is 1. The van der Waals surface area contributed by atoms with Crippen molar-refractivity contribution in [1.82, 2.24) is 0 Å². The average Bonchev–Trinajstić information content (AvgIpc) is 1.65. The predicted octanol–water partition coefficient (Wildman–Crippen LogP) is 1.05. The van der Waals surface area contributed by atoms with Crippen molar-refractivity contribution in [2.24, 2.45) is 5.92 Å². The van der Waals surface area contributed by atoms with Crippen molar-refractivity contribution in [3.05, 3.63) is 0 Å². The fraction of sp³-hybridized carbons (Fsp3) is 1.00. The molecule has 0 aromatic rings. The Kier molecular flexibility index (Phi) is 4.31. The Morgan fingerprint density at radius 1 is 1.83 bits per heavy atom. The molecule has 0 aliphatic rings. The second-order valence-corrected chi connectivity index (χ2v) is 2.32. The summed E-state index contributed by atoms with van der Waals surface area (Å²) in [6.45, 7) is 2.34. The van der Waals surface area contributed by atoms with Gasteiger partial charge in [-0.15, -0.1) is 0 Å². The van der Waals surface area contributed by atoms with Crippen LogP contribution in [-0.2, 0) is 0 Å². The van der Waals surface area contributed by atoms with Gasteiger partial charge < -0.3 is 5.11 Å². The van der Waals surface area contributed by atoms with Crippen LogP contribution < -0.4 is 0 Å². The highest BCUT2D eigenvalue weighted by Gasteiger charge is 1.91. The van der Waals surface area contributed by atoms with Crippen LogP contribution in [0.2, 0.25) is 0 Å². The molecule has 0 saturated heterocycles. The first kappa shape index (κ1) is 6.69. The molecule has 0 fully saturated rings. The highest BCUT2D eigenvalue weighted by atomic mass is 127. The Morgan fingerprint density at radius 3 is 2.33 bits per heavy atom. The number of rotatable bonds is 2. The van der Waals surface area contributed by atoms with Crippen molar-refractivity contribution in [3.63, 3.8) is 0 Å². The van der Waals surface area contributed by atoms with Gasteiger partial charge in [-0.25, -0.2) is 0 Å². The molecule has 0 amide bonds. The number of hydrogen-bond donors (Lipinski definition) is 1. The number of aliphatic hydroxyl groups excluding tert-OH is 1. The minimum absolute atomic E-state index is 0.322. The summed E-state index contributed by atoms with van der Waals surface area (Å²) < 4.78 is 1.05. The Labute approximate surface area is 51.9 Å². The van der Waals surface area contributed by atoms with Crippen molar-refractivity contribution >= 4 is 22.6 Å². The van der Waals surface area contributed by atoms with E-state index in [1.807, 2.05) is 6.92 Å². The van der Waals surface area contributed by atoms with E-state index in [0.717, 1.165) is 4.43 Å². The van der Waals surface area contributed by atoms with E-state index in [-0.39, 0.29) is 0 Å². The van der Waals surface area contributed by atoms with E-state index in [2.05, 4.69) is 22.6 Å². The van der Waals surface area contributed by atoms with Gasteiger partial charge in [-0.3, -0.25) is 0 Å². The van der Waals surface area contributed by atoms with Crippen LogP contribution in [0.3, 0.4) is 0 Å². The SMILES string of the molecule is C[C@@H](CO)CI. The van der Waals surface area contributed by atoms with Gasteiger partial charge in [0.05, 0.1) is 0 Å². The Hall–Kier alpha value is 0.690. The van der Waals surface area contributed by atoms with E-state index in [4.69, 9.17) is 5.11 Å². The first-order valence-corrected chi connectivity index (χ1v) is 3.50. The van der Waals surface area contributed by atoms with Crippen LogP contribution in [0, 0.1) is 5.92 Å². The lowest BCUT2D eigenvalue weighted by atomic mass is 10.2. The molecule has 0 aromatic carbocycles. The molecule has 0 aliphatic carbocycles. The van der Waals surface area contributed by atoms with Gasteiger partial charge in [-0.05, 0) is 5.92 Å². The summed E-state index contributed by atoms with van der Waals surface area (Å²) in [7, 11) is 0. The van der Waals surface area contributed by atoms with Crippen LogP contribution in [0.25, 0.3) is 0 Å². The summed E-state index contributed by atoms with van der Waals surface area (Å²) in [6, 6.07) is 0. The van der Waals surface area contributed by atoms with E-state index >= 15 is 0 Å². The third-order valence-corrected chi connectivity index (χ3v) is 2.08. The molecule has 0 spiro atoms. The van der Waals surface area contributed by atoms with E-state index in [1.54, 1.807) is 0 Å². The zero-order chi connectivity index (χ0) is 4.99. The minimum atomic E-state index is 0.322. The largest absolute Gasteiger partial charge is 0.396 e. The van der Waals surface area contributed by atoms with Crippen LogP contribution in [0.4, 0.5) is 0 Å². The van der Waals surface area contributed by atoms with Crippen molar-refractivity contribution in [2.45, 2.75) is 6.92 Å². The molecule has 1 nitrogen and oxygen atoms in total. The third kappa shape index (κ3) is 2.90. The van der Waals surface area contributed by atoms with E-state index in [0.29, 0.717) is 12.5 Å². The maximum Gasteiger partial charge on any atom is 0.0463 e. The predicted molar refractivity (Wildman–Crippen MR) is 35.1 cm³/mol. The van der Waals surface area contributed by atoms with Crippen LogP contribution >= 0.6 is 22.6 Å². The van der Waals surface area contributed by atoms with Crippen molar-refractivity contribution < 1.29 is 5.11 Å². The van der Waals surface area contributed by atoms with Crippen LogP contribution in [0.1, 0.15) is 6.92 Å². The van der Waals surface area contributed by atoms with Gasteiger partial charge in [0.15, 0.2) is 0 Å². The molecule has 38 valence electrons. The van der Waals surface area contributed by atoms with E-state index < -0.39 is 0 Å². The summed E-state index contributed by atoms with van der Waals surface area (Å²) in [6.07, 6.45) is 0. The molecule has 0 aromatic heterocycles.